The summed E-state index contributed by atoms with van der Waals surface area (Å²) in [5.41, 5.74) is -0.00446. The van der Waals surface area contributed by atoms with Crippen LogP contribution in [-0.4, -0.2) is 29.7 Å². The van der Waals surface area contributed by atoms with E-state index in [4.69, 9.17) is 9.84 Å². The molecular formula is C14H19NO4S. The van der Waals surface area contributed by atoms with Gasteiger partial charge in [-0.25, -0.2) is 4.79 Å². The lowest BCUT2D eigenvalue weighted by Crippen LogP contribution is -2.45. The maximum absolute atomic E-state index is 12.0. The molecule has 0 aromatic carbocycles. The number of rotatable bonds is 7. The first-order chi connectivity index (χ1) is 9.41. The molecule has 0 fully saturated rings. The molecule has 1 unspecified atom stereocenters. The van der Waals surface area contributed by atoms with Crippen molar-refractivity contribution in [2.24, 2.45) is 0 Å². The number of methoxy groups -OCH3 is 1. The Labute approximate surface area is 122 Å². The fourth-order valence-corrected chi connectivity index (χ4v) is 2.29. The van der Waals surface area contributed by atoms with Crippen LogP contribution in [0.1, 0.15) is 30.7 Å². The second-order valence-electron chi connectivity index (χ2n) is 4.49. The van der Waals surface area contributed by atoms with Gasteiger partial charge in [-0.1, -0.05) is 6.92 Å². The van der Waals surface area contributed by atoms with Gasteiger partial charge in [-0.2, -0.15) is 0 Å². The van der Waals surface area contributed by atoms with Gasteiger partial charge in [-0.3, -0.25) is 4.79 Å². The lowest BCUT2D eigenvalue weighted by Gasteiger charge is -2.24. The highest BCUT2D eigenvalue weighted by atomic mass is 32.1. The van der Waals surface area contributed by atoms with Crippen LogP contribution in [0.15, 0.2) is 17.5 Å². The van der Waals surface area contributed by atoms with E-state index in [-0.39, 0.29) is 5.91 Å². The van der Waals surface area contributed by atoms with Crippen LogP contribution in [-0.2, 0) is 20.9 Å². The van der Waals surface area contributed by atoms with Gasteiger partial charge in [0.2, 0.25) is 0 Å². The summed E-state index contributed by atoms with van der Waals surface area (Å²) in [6.45, 7) is 4.05. The minimum atomic E-state index is -0.982. The lowest BCUT2D eigenvalue weighted by atomic mass is 10.0. The first-order valence-electron chi connectivity index (χ1n) is 6.23. The number of nitrogens with one attached hydrogen (secondary N) is 1. The predicted molar refractivity (Wildman–Crippen MR) is 78.5 cm³/mol. The van der Waals surface area contributed by atoms with Crippen molar-refractivity contribution in [2.45, 2.75) is 32.4 Å². The number of ether oxygens (including phenoxy) is 1. The summed E-state index contributed by atoms with van der Waals surface area (Å²) >= 11 is 1.47. The van der Waals surface area contributed by atoms with Gasteiger partial charge in [0.25, 0.3) is 5.91 Å². The number of hydrogen-bond donors (Lipinski definition) is 2. The highest BCUT2D eigenvalue weighted by molar-refractivity contribution is 7.10. The van der Waals surface area contributed by atoms with Crippen molar-refractivity contribution < 1.29 is 19.4 Å². The van der Waals surface area contributed by atoms with Crippen molar-refractivity contribution >= 4 is 29.3 Å². The summed E-state index contributed by atoms with van der Waals surface area (Å²) in [7, 11) is 1.52. The smallest absolute Gasteiger partial charge is 0.328 e. The van der Waals surface area contributed by atoms with Gasteiger partial charge in [0.15, 0.2) is 0 Å². The van der Waals surface area contributed by atoms with E-state index in [9.17, 15) is 9.59 Å². The zero-order valence-corrected chi connectivity index (χ0v) is 12.6. The van der Waals surface area contributed by atoms with Crippen molar-refractivity contribution in [2.75, 3.05) is 7.11 Å². The molecule has 6 heteroatoms. The summed E-state index contributed by atoms with van der Waals surface area (Å²) < 4.78 is 5.22. The summed E-state index contributed by atoms with van der Waals surface area (Å²) in [5, 5.41) is 13.2. The van der Waals surface area contributed by atoms with Crippen LogP contribution in [0.4, 0.5) is 0 Å². The zero-order valence-electron chi connectivity index (χ0n) is 11.8. The Morgan fingerprint density at radius 1 is 1.55 bits per heavy atom. The molecule has 5 nitrogen and oxygen atoms in total. The number of hydrogen-bond acceptors (Lipinski definition) is 4. The Morgan fingerprint density at radius 3 is 2.80 bits per heavy atom. The maximum atomic E-state index is 12.0. The fraction of sp³-hybridized carbons (Fsp3) is 0.429. The average molecular weight is 297 g/mol. The van der Waals surface area contributed by atoms with Gasteiger partial charge in [0.1, 0.15) is 5.60 Å². The highest BCUT2D eigenvalue weighted by Gasteiger charge is 2.30. The van der Waals surface area contributed by atoms with Crippen molar-refractivity contribution in [3.8, 4) is 0 Å². The highest BCUT2D eigenvalue weighted by Crippen LogP contribution is 2.18. The molecule has 0 aliphatic rings. The minimum absolute atomic E-state index is 0.154. The van der Waals surface area contributed by atoms with Crippen molar-refractivity contribution in [1.82, 2.24) is 5.32 Å². The summed E-state index contributed by atoms with van der Waals surface area (Å²) in [5.74, 6) is -1.14. The molecule has 1 atom stereocenters. The standard InChI is InChI=1S/C14H19NO4S/c1-4-14(2,19-3)13(18)15-8-11-7-10(9-20-11)5-6-12(16)17/h5-7,9H,4,8H2,1-3H3,(H,15,18)(H,16,17)/b6-5+. The van der Waals surface area contributed by atoms with Crippen molar-refractivity contribution in [3.05, 3.63) is 28.0 Å². The normalized spacial score (nSPS) is 14.2. The Bertz CT molecular complexity index is 503. The van der Waals surface area contributed by atoms with Crippen LogP contribution in [0.5, 0.6) is 0 Å². The Balaban J connectivity index is 2.58. The van der Waals surface area contributed by atoms with E-state index in [1.54, 1.807) is 6.92 Å². The molecule has 0 aliphatic heterocycles. The van der Waals surface area contributed by atoms with Gasteiger partial charge in [-0.15, -0.1) is 11.3 Å². The summed E-state index contributed by atoms with van der Waals surface area (Å²) in [4.78, 5) is 23.4. The van der Waals surface area contributed by atoms with E-state index in [0.29, 0.717) is 13.0 Å². The fourth-order valence-electron chi connectivity index (χ4n) is 1.50. The second-order valence-corrected chi connectivity index (χ2v) is 5.48. The third-order valence-corrected chi connectivity index (χ3v) is 4.08. The quantitative estimate of drug-likeness (QED) is 0.757. The largest absolute Gasteiger partial charge is 0.478 e. The second kappa shape index (κ2) is 7.21. The van der Waals surface area contributed by atoms with Gasteiger partial charge < -0.3 is 15.2 Å². The van der Waals surface area contributed by atoms with Crippen LogP contribution < -0.4 is 5.32 Å². The first-order valence-corrected chi connectivity index (χ1v) is 7.11. The molecule has 0 saturated carbocycles. The van der Waals surface area contributed by atoms with E-state index in [1.807, 2.05) is 18.4 Å². The number of carboxylic acid groups (broad SMARTS) is 1. The summed E-state index contributed by atoms with van der Waals surface area (Å²) in [6.07, 6.45) is 3.20. The summed E-state index contributed by atoms with van der Waals surface area (Å²) in [6, 6.07) is 1.85. The molecular weight excluding hydrogens is 278 g/mol. The van der Waals surface area contributed by atoms with E-state index in [1.165, 1.54) is 24.5 Å². The number of carboxylic acids is 1. The van der Waals surface area contributed by atoms with Crippen LogP contribution in [0.2, 0.25) is 0 Å². The molecule has 0 saturated heterocycles. The monoisotopic (exact) mass is 297 g/mol. The molecule has 0 radical (unpaired) electrons. The van der Waals surface area contributed by atoms with Crippen LogP contribution >= 0.6 is 11.3 Å². The minimum Gasteiger partial charge on any atom is -0.478 e. The van der Waals surface area contributed by atoms with Crippen LogP contribution in [0, 0.1) is 0 Å². The van der Waals surface area contributed by atoms with Gasteiger partial charge in [0.05, 0.1) is 6.54 Å². The molecule has 0 bridgehead atoms. The van der Waals surface area contributed by atoms with E-state index in [2.05, 4.69) is 5.32 Å². The SMILES string of the molecule is CCC(C)(OC)C(=O)NCc1cc(/C=C/C(=O)O)cs1. The number of aliphatic carboxylic acids is 1. The van der Waals surface area contributed by atoms with E-state index < -0.39 is 11.6 Å². The van der Waals surface area contributed by atoms with Gasteiger partial charge >= 0.3 is 5.97 Å². The molecule has 0 spiro atoms. The molecule has 110 valence electrons. The Kier molecular flexibility index (Phi) is 5.91. The Morgan fingerprint density at radius 2 is 2.25 bits per heavy atom. The van der Waals surface area contributed by atoms with Gasteiger partial charge in [-0.05, 0) is 36.4 Å². The molecule has 1 heterocycles. The molecule has 2 N–H and O–H groups in total. The van der Waals surface area contributed by atoms with E-state index in [0.717, 1.165) is 16.5 Å². The van der Waals surface area contributed by atoms with E-state index >= 15 is 0 Å². The predicted octanol–water partition coefficient (Wildman–Crippen LogP) is 2.28. The number of amides is 1. The number of carbonyl (C=O) groups excluding carboxylic acids is 1. The molecule has 1 rings (SSSR count). The molecule has 1 amide bonds. The molecule has 20 heavy (non-hydrogen) atoms. The Hall–Kier alpha value is -1.66. The molecule has 1 aromatic heterocycles. The van der Waals surface area contributed by atoms with Crippen LogP contribution in [0.25, 0.3) is 6.08 Å². The number of carbonyl (C=O) groups is 2. The third-order valence-electron chi connectivity index (χ3n) is 3.12. The molecule has 1 aromatic rings. The van der Waals surface area contributed by atoms with Gasteiger partial charge in [0, 0.05) is 18.1 Å². The topological polar surface area (TPSA) is 75.6 Å². The lowest BCUT2D eigenvalue weighted by molar-refractivity contribution is -0.142. The maximum Gasteiger partial charge on any atom is 0.328 e. The first kappa shape index (κ1) is 16.4. The number of thiophene rings is 1. The van der Waals surface area contributed by atoms with Crippen molar-refractivity contribution in [1.29, 1.82) is 0 Å². The van der Waals surface area contributed by atoms with Crippen LogP contribution in [0.3, 0.4) is 0 Å². The average Bonchev–Trinajstić information content (AvgIpc) is 2.89. The third kappa shape index (κ3) is 4.47. The zero-order chi connectivity index (χ0) is 15.2. The van der Waals surface area contributed by atoms with Crippen molar-refractivity contribution in [3.63, 3.8) is 0 Å². The molecule has 0 aliphatic carbocycles.